The Balaban J connectivity index is 2.44. The summed E-state index contributed by atoms with van der Waals surface area (Å²) < 4.78 is 5.67. The second-order valence-corrected chi connectivity index (χ2v) is 4.40. The number of ether oxygens (including phenoxy) is 1. The maximum absolute atomic E-state index is 8.66. The summed E-state index contributed by atoms with van der Waals surface area (Å²) >= 11 is 3.49. The van der Waals surface area contributed by atoms with Crippen LogP contribution in [-0.4, -0.2) is 11.9 Å². The van der Waals surface area contributed by atoms with E-state index in [9.17, 15) is 0 Å². The van der Waals surface area contributed by atoms with Crippen LogP contribution in [0.4, 0.5) is 0 Å². The second-order valence-electron chi connectivity index (χ2n) is 3.76. The summed E-state index contributed by atoms with van der Waals surface area (Å²) in [6.07, 6.45) is 2.34. The highest BCUT2D eigenvalue weighted by Crippen LogP contribution is 2.15. The van der Waals surface area contributed by atoms with Gasteiger partial charge in [-0.1, -0.05) is 29.3 Å². The highest BCUT2D eigenvalue weighted by molar-refractivity contribution is 9.09. The average molecular weight is 282 g/mol. The lowest BCUT2D eigenvalue weighted by Crippen LogP contribution is -2.13. The lowest BCUT2D eigenvalue weighted by Gasteiger charge is -2.14. The van der Waals surface area contributed by atoms with Crippen molar-refractivity contribution in [3.8, 4) is 11.8 Å². The molecule has 0 aliphatic rings. The third-order valence-electron chi connectivity index (χ3n) is 2.38. The van der Waals surface area contributed by atoms with Crippen LogP contribution in [0, 0.1) is 17.2 Å². The van der Waals surface area contributed by atoms with E-state index >= 15 is 0 Å². The minimum atomic E-state index is 0.556. The van der Waals surface area contributed by atoms with Crippen LogP contribution in [0.15, 0.2) is 24.3 Å². The summed E-state index contributed by atoms with van der Waals surface area (Å²) in [7, 11) is 0. The maximum atomic E-state index is 8.66. The Bertz CT molecular complexity index is 342. The molecule has 0 aromatic heterocycles. The molecule has 1 atom stereocenters. The number of nitriles is 1. The van der Waals surface area contributed by atoms with E-state index in [4.69, 9.17) is 10.00 Å². The largest absolute Gasteiger partial charge is 0.493 e. The molecule has 1 aromatic rings. The number of alkyl halides is 1. The molecule has 0 spiro atoms. The summed E-state index contributed by atoms with van der Waals surface area (Å²) in [6.45, 7) is 2.91. The molecule has 0 saturated heterocycles. The van der Waals surface area contributed by atoms with Crippen molar-refractivity contribution >= 4 is 15.9 Å². The highest BCUT2D eigenvalue weighted by Gasteiger charge is 2.06. The quantitative estimate of drug-likeness (QED) is 0.744. The van der Waals surface area contributed by atoms with E-state index in [2.05, 4.69) is 28.9 Å². The Morgan fingerprint density at radius 1 is 1.38 bits per heavy atom. The third-order valence-corrected chi connectivity index (χ3v) is 3.30. The Labute approximate surface area is 105 Å². The van der Waals surface area contributed by atoms with Crippen molar-refractivity contribution < 1.29 is 4.74 Å². The molecule has 0 N–H and O–H groups in total. The van der Waals surface area contributed by atoms with Gasteiger partial charge in [0.15, 0.2) is 0 Å². The molecule has 0 bridgehead atoms. The van der Waals surface area contributed by atoms with Crippen LogP contribution in [0.2, 0.25) is 0 Å². The van der Waals surface area contributed by atoms with Crippen LogP contribution < -0.4 is 4.74 Å². The lowest BCUT2D eigenvalue weighted by atomic mass is 10.1. The molecule has 0 heterocycles. The minimum Gasteiger partial charge on any atom is -0.493 e. The zero-order valence-electron chi connectivity index (χ0n) is 9.45. The van der Waals surface area contributed by atoms with Gasteiger partial charge in [-0.05, 0) is 30.7 Å². The van der Waals surface area contributed by atoms with Gasteiger partial charge in [-0.2, -0.15) is 5.26 Å². The molecule has 1 unspecified atom stereocenters. The number of nitrogens with zero attached hydrogens (tertiary/aromatic N) is 1. The Morgan fingerprint density at radius 2 is 2.06 bits per heavy atom. The standard InChI is InChI=1S/C13H16BrNO/c1-2-3-12(8-14)10-16-13-6-4-11(9-15)5-7-13/h4-7,12H,2-3,8,10H2,1H3. The molecule has 0 aliphatic heterocycles. The molecule has 0 aliphatic carbocycles. The number of rotatable bonds is 6. The van der Waals surface area contributed by atoms with Crippen LogP contribution in [0.3, 0.4) is 0 Å². The Morgan fingerprint density at radius 3 is 2.56 bits per heavy atom. The third kappa shape index (κ3) is 4.24. The predicted octanol–water partition coefficient (Wildman–Crippen LogP) is 3.75. The first kappa shape index (κ1) is 13.1. The summed E-state index contributed by atoms with van der Waals surface area (Å²) in [6, 6.07) is 9.33. The van der Waals surface area contributed by atoms with Crippen molar-refractivity contribution in [2.24, 2.45) is 5.92 Å². The van der Waals surface area contributed by atoms with Crippen molar-refractivity contribution in [3.63, 3.8) is 0 Å². The van der Waals surface area contributed by atoms with Gasteiger partial charge < -0.3 is 4.74 Å². The van der Waals surface area contributed by atoms with Crippen molar-refractivity contribution in [2.75, 3.05) is 11.9 Å². The van der Waals surface area contributed by atoms with Crippen LogP contribution in [0.5, 0.6) is 5.75 Å². The van der Waals surface area contributed by atoms with Crippen molar-refractivity contribution in [1.29, 1.82) is 5.26 Å². The summed E-state index contributed by atoms with van der Waals surface area (Å²) in [5.41, 5.74) is 0.665. The van der Waals surface area contributed by atoms with E-state index < -0.39 is 0 Å². The lowest BCUT2D eigenvalue weighted by molar-refractivity contribution is 0.255. The number of hydrogen-bond donors (Lipinski definition) is 0. The van der Waals surface area contributed by atoms with Gasteiger partial charge in [-0.3, -0.25) is 0 Å². The van der Waals surface area contributed by atoms with Gasteiger partial charge in [-0.25, -0.2) is 0 Å². The summed E-state index contributed by atoms with van der Waals surface area (Å²) in [4.78, 5) is 0. The molecule has 16 heavy (non-hydrogen) atoms. The van der Waals surface area contributed by atoms with Gasteiger partial charge in [0, 0.05) is 11.2 Å². The molecule has 0 radical (unpaired) electrons. The van der Waals surface area contributed by atoms with Crippen LogP contribution in [-0.2, 0) is 0 Å². The van der Waals surface area contributed by atoms with Crippen molar-refractivity contribution in [3.05, 3.63) is 29.8 Å². The molecular weight excluding hydrogens is 266 g/mol. The first-order chi connectivity index (χ1) is 7.80. The first-order valence-electron chi connectivity index (χ1n) is 5.49. The van der Waals surface area contributed by atoms with Gasteiger partial charge in [0.25, 0.3) is 0 Å². The SMILES string of the molecule is CCCC(CBr)COc1ccc(C#N)cc1. The van der Waals surface area contributed by atoms with Crippen LogP contribution in [0.1, 0.15) is 25.3 Å². The maximum Gasteiger partial charge on any atom is 0.119 e. The molecule has 2 nitrogen and oxygen atoms in total. The minimum absolute atomic E-state index is 0.556. The first-order valence-corrected chi connectivity index (χ1v) is 6.61. The second kappa shape index (κ2) is 7.29. The van der Waals surface area contributed by atoms with E-state index in [0.717, 1.165) is 17.7 Å². The molecule has 1 rings (SSSR count). The zero-order chi connectivity index (χ0) is 11.8. The fourth-order valence-electron chi connectivity index (χ4n) is 1.45. The average Bonchev–Trinajstić information content (AvgIpc) is 2.35. The number of hydrogen-bond acceptors (Lipinski definition) is 2. The predicted molar refractivity (Wildman–Crippen MR) is 68.8 cm³/mol. The monoisotopic (exact) mass is 281 g/mol. The van der Waals surface area contributed by atoms with E-state index in [1.165, 1.54) is 12.8 Å². The summed E-state index contributed by atoms with van der Waals surface area (Å²) in [5, 5.41) is 9.63. The number of benzene rings is 1. The molecular formula is C13H16BrNO. The zero-order valence-corrected chi connectivity index (χ0v) is 11.0. The van der Waals surface area contributed by atoms with E-state index in [-0.39, 0.29) is 0 Å². The van der Waals surface area contributed by atoms with Gasteiger partial charge in [0.2, 0.25) is 0 Å². The molecule has 86 valence electrons. The highest BCUT2D eigenvalue weighted by atomic mass is 79.9. The van der Waals surface area contributed by atoms with Gasteiger partial charge in [0.05, 0.1) is 18.2 Å². The Hall–Kier alpha value is -1.01. The Kier molecular flexibility index (Phi) is 5.95. The molecule has 3 heteroatoms. The molecule has 0 amide bonds. The van der Waals surface area contributed by atoms with E-state index in [1.54, 1.807) is 12.1 Å². The fourth-order valence-corrected chi connectivity index (χ4v) is 1.96. The van der Waals surface area contributed by atoms with E-state index in [0.29, 0.717) is 11.5 Å². The molecule has 1 aromatic carbocycles. The topological polar surface area (TPSA) is 33.0 Å². The van der Waals surface area contributed by atoms with Crippen molar-refractivity contribution in [1.82, 2.24) is 0 Å². The fraction of sp³-hybridized carbons (Fsp3) is 0.462. The van der Waals surface area contributed by atoms with Crippen LogP contribution >= 0.6 is 15.9 Å². The smallest absolute Gasteiger partial charge is 0.119 e. The van der Waals surface area contributed by atoms with Crippen molar-refractivity contribution in [2.45, 2.75) is 19.8 Å². The molecule has 0 saturated carbocycles. The van der Waals surface area contributed by atoms with Gasteiger partial charge in [0.1, 0.15) is 5.75 Å². The normalized spacial score (nSPS) is 11.8. The summed E-state index contributed by atoms with van der Waals surface area (Å²) in [5.74, 6) is 1.39. The molecule has 0 fully saturated rings. The van der Waals surface area contributed by atoms with Gasteiger partial charge in [-0.15, -0.1) is 0 Å². The van der Waals surface area contributed by atoms with E-state index in [1.807, 2.05) is 12.1 Å². The number of halogens is 1. The van der Waals surface area contributed by atoms with Gasteiger partial charge >= 0.3 is 0 Å². The van der Waals surface area contributed by atoms with Crippen LogP contribution in [0.25, 0.3) is 0 Å².